The number of benzene rings is 1. The first-order valence-electron chi connectivity index (χ1n) is 5.26. The molecule has 1 aromatic carbocycles. The molecule has 0 aliphatic heterocycles. The maximum atomic E-state index is 13.5. The van der Waals surface area contributed by atoms with Crippen molar-refractivity contribution in [3.63, 3.8) is 0 Å². The Hall–Kier alpha value is -2.13. The van der Waals surface area contributed by atoms with Crippen LogP contribution in [-0.2, 0) is 0 Å². The highest BCUT2D eigenvalue weighted by Gasteiger charge is 2.15. The molecular weight excluding hydrogens is 336 g/mol. The van der Waals surface area contributed by atoms with E-state index < -0.39 is 23.2 Å². The van der Waals surface area contributed by atoms with Gasteiger partial charge in [0.25, 0.3) is 5.91 Å². The number of aromatic nitrogens is 2. The van der Waals surface area contributed by atoms with Gasteiger partial charge in [0.15, 0.2) is 17.5 Å². The van der Waals surface area contributed by atoms with Crippen LogP contribution in [0.25, 0.3) is 0 Å². The van der Waals surface area contributed by atoms with Crippen molar-refractivity contribution < 1.29 is 13.6 Å². The summed E-state index contributed by atoms with van der Waals surface area (Å²) in [4.78, 5) is 19.5. The second kappa shape index (κ2) is 5.88. The van der Waals surface area contributed by atoms with Crippen molar-refractivity contribution in [2.45, 2.75) is 0 Å². The second-order valence-corrected chi connectivity index (χ2v) is 4.45. The molecule has 0 radical (unpaired) electrons. The average Bonchev–Trinajstić information content (AvgIpc) is 2.41. The number of nitrogens with zero attached hydrogens (tertiary/aromatic N) is 2. The van der Waals surface area contributed by atoms with Crippen LogP contribution in [0.2, 0.25) is 0 Å². The zero-order chi connectivity index (χ0) is 14.7. The number of carbonyl (C=O) groups excluding carboxylic acids is 1. The topological polar surface area (TPSA) is 92.9 Å². The standard InChI is InChI=1S/C11H8BrF2N5O/c12-8-3-17-9(4-16-8)18-11(20)5-1-6(13)10(19-15)7(14)2-5/h1-4,19H,15H2,(H,17,18,20). The smallest absolute Gasteiger partial charge is 0.257 e. The molecule has 2 rings (SSSR count). The van der Waals surface area contributed by atoms with E-state index in [0.717, 1.165) is 12.1 Å². The molecule has 1 heterocycles. The highest BCUT2D eigenvalue weighted by Crippen LogP contribution is 2.20. The number of nitrogens with one attached hydrogen (secondary N) is 2. The Bertz CT molecular complexity index is 627. The minimum Gasteiger partial charge on any atom is -0.319 e. The molecule has 1 amide bonds. The van der Waals surface area contributed by atoms with Crippen LogP contribution in [0.5, 0.6) is 0 Å². The molecular formula is C11H8BrF2N5O. The number of rotatable bonds is 3. The highest BCUT2D eigenvalue weighted by molar-refractivity contribution is 9.10. The molecule has 0 saturated carbocycles. The van der Waals surface area contributed by atoms with Gasteiger partial charge >= 0.3 is 0 Å². The van der Waals surface area contributed by atoms with Gasteiger partial charge < -0.3 is 10.7 Å². The fraction of sp³-hybridized carbons (Fsp3) is 0. The molecule has 2 aromatic rings. The number of hydrogen-bond donors (Lipinski definition) is 3. The SMILES string of the molecule is NNc1c(F)cc(C(=O)Nc2cnc(Br)cn2)cc1F. The fourth-order valence-corrected chi connectivity index (χ4v) is 1.61. The van der Waals surface area contributed by atoms with Crippen molar-refractivity contribution in [3.05, 3.63) is 46.3 Å². The van der Waals surface area contributed by atoms with Gasteiger partial charge in [-0.1, -0.05) is 0 Å². The predicted octanol–water partition coefficient (Wildman–Crippen LogP) is 2.06. The summed E-state index contributed by atoms with van der Waals surface area (Å²) in [6.07, 6.45) is 2.67. The Balaban J connectivity index is 2.23. The van der Waals surface area contributed by atoms with Gasteiger partial charge in [0.2, 0.25) is 0 Å². The summed E-state index contributed by atoms with van der Waals surface area (Å²) in [5, 5.41) is 2.36. The van der Waals surface area contributed by atoms with E-state index in [9.17, 15) is 13.6 Å². The summed E-state index contributed by atoms with van der Waals surface area (Å²) in [5.41, 5.74) is 1.16. The van der Waals surface area contributed by atoms with Crippen LogP contribution in [0.15, 0.2) is 29.1 Å². The van der Waals surface area contributed by atoms with Crippen LogP contribution in [-0.4, -0.2) is 15.9 Å². The molecule has 0 fully saturated rings. The van der Waals surface area contributed by atoms with Crippen LogP contribution in [0.3, 0.4) is 0 Å². The maximum Gasteiger partial charge on any atom is 0.257 e. The van der Waals surface area contributed by atoms with Crippen LogP contribution in [0, 0.1) is 11.6 Å². The number of hydrazine groups is 1. The molecule has 0 saturated heterocycles. The van der Waals surface area contributed by atoms with E-state index in [4.69, 9.17) is 5.84 Å². The Kier molecular flexibility index (Phi) is 4.20. The fourth-order valence-electron chi connectivity index (χ4n) is 1.41. The van der Waals surface area contributed by atoms with Crippen molar-refractivity contribution >= 4 is 33.3 Å². The minimum atomic E-state index is -0.973. The minimum absolute atomic E-state index is 0.153. The van der Waals surface area contributed by atoms with E-state index in [0.29, 0.717) is 4.60 Å². The Morgan fingerprint density at radius 1 is 1.20 bits per heavy atom. The Morgan fingerprint density at radius 3 is 2.35 bits per heavy atom. The van der Waals surface area contributed by atoms with Gasteiger partial charge in [0, 0.05) is 5.56 Å². The average molecular weight is 344 g/mol. The van der Waals surface area contributed by atoms with Crippen molar-refractivity contribution in [2.75, 3.05) is 10.7 Å². The molecule has 0 unspecified atom stereocenters. The summed E-state index contributed by atoms with van der Waals surface area (Å²) in [6, 6.07) is 1.72. The first kappa shape index (κ1) is 14.3. The lowest BCUT2D eigenvalue weighted by Gasteiger charge is -2.07. The number of anilines is 2. The second-order valence-electron chi connectivity index (χ2n) is 3.64. The molecule has 9 heteroatoms. The zero-order valence-electron chi connectivity index (χ0n) is 9.82. The predicted molar refractivity (Wildman–Crippen MR) is 71.9 cm³/mol. The molecule has 4 N–H and O–H groups in total. The summed E-state index contributed by atoms with van der Waals surface area (Å²) in [6.45, 7) is 0. The molecule has 20 heavy (non-hydrogen) atoms. The number of nitrogens with two attached hydrogens (primary N) is 1. The van der Waals surface area contributed by atoms with E-state index in [1.54, 1.807) is 0 Å². The van der Waals surface area contributed by atoms with Gasteiger partial charge in [0.1, 0.15) is 10.3 Å². The van der Waals surface area contributed by atoms with E-state index >= 15 is 0 Å². The van der Waals surface area contributed by atoms with Crippen LogP contribution in [0.1, 0.15) is 10.4 Å². The van der Waals surface area contributed by atoms with Gasteiger partial charge in [0.05, 0.1) is 12.4 Å². The molecule has 1 aromatic heterocycles. The Morgan fingerprint density at radius 2 is 1.85 bits per heavy atom. The number of hydrogen-bond acceptors (Lipinski definition) is 5. The van der Waals surface area contributed by atoms with Crippen LogP contribution >= 0.6 is 15.9 Å². The van der Waals surface area contributed by atoms with Gasteiger partial charge in [-0.05, 0) is 28.1 Å². The molecule has 0 atom stereocenters. The van der Waals surface area contributed by atoms with Gasteiger partial charge in [-0.15, -0.1) is 0 Å². The van der Waals surface area contributed by atoms with Crippen LogP contribution in [0.4, 0.5) is 20.3 Å². The molecule has 0 spiro atoms. The van der Waals surface area contributed by atoms with Gasteiger partial charge in [-0.2, -0.15) is 0 Å². The first-order chi connectivity index (χ1) is 9.51. The molecule has 0 aliphatic carbocycles. The van der Waals surface area contributed by atoms with Crippen molar-refractivity contribution in [2.24, 2.45) is 5.84 Å². The van der Waals surface area contributed by atoms with Crippen molar-refractivity contribution in [3.8, 4) is 0 Å². The normalized spacial score (nSPS) is 10.2. The summed E-state index contributed by atoms with van der Waals surface area (Å²) in [5.74, 6) is 2.45. The largest absolute Gasteiger partial charge is 0.319 e. The molecule has 104 valence electrons. The third-order valence-corrected chi connectivity index (χ3v) is 2.72. The lowest BCUT2D eigenvalue weighted by atomic mass is 10.1. The van der Waals surface area contributed by atoms with E-state index in [1.165, 1.54) is 12.4 Å². The zero-order valence-corrected chi connectivity index (χ0v) is 11.4. The Labute approximate surface area is 120 Å². The number of amides is 1. The third-order valence-electron chi connectivity index (χ3n) is 2.31. The van der Waals surface area contributed by atoms with Gasteiger partial charge in [-0.3, -0.25) is 10.6 Å². The van der Waals surface area contributed by atoms with E-state index in [1.807, 2.05) is 5.43 Å². The summed E-state index contributed by atoms with van der Waals surface area (Å²) < 4.78 is 27.4. The van der Waals surface area contributed by atoms with Crippen molar-refractivity contribution in [1.82, 2.24) is 9.97 Å². The van der Waals surface area contributed by atoms with Crippen molar-refractivity contribution in [1.29, 1.82) is 0 Å². The molecule has 0 aliphatic rings. The quantitative estimate of drug-likeness (QED) is 0.585. The number of nitrogen functional groups attached to an aromatic ring is 1. The lowest BCUT2D eigenvalue weighted by molar-refractivity contribution is 0.102. The van der Waals surface area contributed by atoms with E-state index in [-0.39, 0.29) is 11.4 Å². The molecule has 0 bridgehead atoms. The maximum absolute atomic E-state index is 13.5. The lowest BCUT2D eigenvalue weighted by Crippen LogP contribution is -2.16. The third kappa shape index (κ3) is 3.06. The van der Waals surface area contributed by atoms with E-state index in [2.05, 4.69) is 31.2 Å². The summed E-state index contributed by atoms with van der Waals surface area (Å²) in [7, 11) is 0. The summed E-state index contributed by atoms with van der Waals surface area (Å²) >= 11 is 3.09. The molecule has 6 nitrogen and oxygen atoms in total. The number of carbonyl (C=O) groups is 1. The van der Waals surface area contributed by atoms with Gasteiger partial charge in [-0.25, -0.2) is 18.7 Å². The number of halogens is 3. The first-order valence-corrected chi connectivity index (χ1v) is 6.05. The van der Waals surface area contributed by atoms with Crippen LogP contribution < -0.4 is 16.6 Å². The highest BCUT2D eigenvalue weighted by atomic mass is 79.9. The monoisotopic (exact) mass is 343 g/mol.